The van der Waals surface area contributed by atoms with Crippen molar-refractivity contribution in [2.24, 2.45) is 7.05 Å². The Labute approximate surface area is 193 Å². The third-order valence-electron chi connectivity index (χ3n) is 5.48. The fraction of sp³-hybridized carbons (Fsp3) is 0.222. The zero-order valence-corrected chi connectivity index (χ0v) is 19.4. The van der Waals surface area contributed by atoms with E-state index in [4.69, 9.17) is 4.74 Å². The van der Waals surface area contributed by atoms with E-state index in [0.717, 1.165) is 22.4 Å². The highest BCUT2D eigenvalue weighted by molar-refractivity contribution is 6.06. The second-order valence-corrected chi connectivity index (χ2v) is 8.81. The molecule has 0 bridgehead atoms. The molecule has 0 radical (unpaired) electrons. The molecule has 0 aliphatic carbocycles. The van der Waals surface area contributed by atoms with Gasteiger partial charge in [-0.15, -0.1) is 0 Å². The van der Waals surface area contributed by atoms with Crippen LogP contribution in [0.4, 0.5) is 5.69 Å². The smallest absolute Gasteiger partial charge is 0.272 e. The average molecular weight is 439 g/mol. The van der Waals surface area contributed by atoms with Crippen molar-refractivity contribution in [1.82, 2.24) is 14.5 Å². The van der Waals surface area contributed by atoms with E-state index in [1.165, 1.54) is 11.9 Å². The summed E-state index contributed by atoms with van der Waals surface area (Å²) in [5.74, 6) is 6.78. The van der Waals surface area contributed by atoms with E-state index in [1.807, 2.05) is 55.6 Å². The van der Waals surface area contributed by atoms with Gasteiger partial charge in [0.1, 0.15) is 29.1 Å². The number of ether oxygens (including phenoxy) is 1. The second-order valence-electron chi connectivity index (χ2n) is 8.81. The molecule has 0 atom stereocenters. The number of benzene rings is 2. The minimum absolute atomic E-state index is 0.0559. The largest absolute Gasteiger partial charge is 0.497 e. The van der Waals surface area contributed by atoms with E-state index in [1.54, 1.807) is 17.7 Å². The molecule has 33 heavy (non-hydrogen) atoms. The van der Waals surface area contributed by atoms with Crippen molar-refractivity contribution in [3.63, 3.8) is 0 Å². The topological polar surface area (TPSA) is 69.0 Å². The van der Waals surface area contributed by atoms with Crippen molar-refractivity contribution >= 4 is 22.6 Å². The molecule has 0 aliphatic heterocycles. The third kappa shape index (κ3) is 4.73. The van der Waals surface area contributed by atoms with Crippen LogP contribution in [-0.4, -0.2) is 27.6 Å². The van der Waals surface area contributed by atoms with Gasteiger partial charge >= 0.3 is 0 Å². The lowest BCUT2D eigenvalue weighted by Gasteiger charge is -2.19. The number of nitrogens with zero attached hydrogens (tertiary/aromatic N) is 3. The summed E-state index contributed by atoms with van der Waals surface area (Å²) in [6, 6.07) is 17.2. The molecule has 1 N–H and O–H groups in total. The first-order valence-corrected chi connectivity index (χ1v) is 10.6. The number of anilines is 1. The van der Waals surface area contributed by atoms with Gasteiger partial charge in [0.15, 0.2) is 0 Å². The van der Waals surface area contributed by atoms with Gasteiger partial charge < -0.3 is 14.6 Å². The van der Waals surface area contributed by atoms with Crippen LogP contribution in [0.15, 0.2) is 60.9 Å². The van der Waals surface area contributed by atoms with Gasteiger partial charge in [0, 0.05) is 18.3 Å². The van der Waals surface area contributed by atoms with Crippen molar-refractivity contribution < 1.29 is 9.53 Å². The number of fused-ring (bicyclic) bond motifs is 1. The lowest BCUT2D eigenvalue weighted by Crippen LogP contribution is -2.16. The van der Waals surface area contributed by atoms with Gasteiger partial charge in [-0.2, -0.15) is 0 Å². The number of rotatable bonds is 3. The maximum atomic E-state index is 13.0. The lowest BCUT2D eigenvalue weighted by molar-refractivity contribution is 0.101. The number of carbonyl (C=O) groups is 1. The highest BCUT2D eigenvalue weighted by Crippen LogP contribution is 2.24. The summed E-state index contributed by atoms with van der Waals surface area (Å²) in [5, 5.41) is 3.70. The molecule has 0 saturated heterocycles. The van der Waals surface area contributed by atoms with Gasteiger partial charge in [-0.1, -0.05) is 38.8 Å². The molecule has 0 spiro atoms. The highest BCUT2D eigenvalue weighted by Gasteiger charge is 2.17. The number of methoxy groups -OCH3 is 1. The minimum Gasteiger partial charge on any atom is -0.497 e. The minimum atomic E-state index is -0.215. The molecule has 2 heterocycles. The van der Waals surface area contributed by atoms with E-state index in [2.05, 4.69) is 47.9 Å². The monoisotopic (exact) mass is 438 g/mol. The molecule has 1 amide bonds. The zero-order valence-electron chi connectivity index (χ0n) is 19.4. The highest BCUT2D eigenvalue weighted by atomic mass is 16.5. The molecule has 166 valence electrons. The predicted octanol–water partition coefficient (Wildman–Crippen LogP) is 4.93. The molecular formula is C27H26N4O2. The molecule has 0 saturated carbocycles. The predicted molar refractivity (Wildman–Crippen MR) is 131 cm³/mol. The van der Waals surface area contributed by atoms with Crippen LogP contribution in [-0.2, 0) is 12.5 Å². The van der Waals surface area contributed by atoms with Crippen LogP contribution in [0.5, 0.6) is 5.75 Å². The summed E-state index contributed by atoms with van der Waals surface area (Å²) in [7, 11) is 3.44. The van der Waals surface area contributed by atoms with Crippen LogP contribution in [0.3, 0.4) is 0 Å². The van der Waals surface area contributed by atoms with Gasteiger partial charge in [-0.25, -0.2) is 9.97 Å². The number of hydrogen-bond acceptors (Lipinski definition) is 4. The van der Waals surface area contributed by atoms with Crippen LogP contribution in [0.1, 0.15) is 48.1 Å². The lowest BCUT2D eigenvalue weighted by atomic mass is 9.87. The Morgan fingerprint density at radius 3 is 2.33 bits per heavy atom. The number of carbonyl (C=O) groups excluding carboxylic acids is 1. The summed E-state index contributed by atoms with van der Waals surface area (Å²) < 4.78 is 6.94. The van der Waals surface area contributed by atoms with Gasteiger partial charge in [0.2, 0.25) is 0 Å². The molecule has 4 rings (SSSR count). The normalized spacial score (nSPS) is 11.1. The maximum Gasteiger partial charge on any atom is 0.272 e. The molecule has 0 fully saturated rings. The van der Waals surface area contributed by atoms with Crippen molar-refractivity contribution in [3.8, 4) is 17.6 Å². The molecule has 6 nitrogen and oxygen atoms in total. The van der Waals surface area contributed by atoms with Crippen molar-refractivity contribution in [2.75, 3.05) is 12.4 Å². The first kappa shape index (κ1) is 22.1. The number of amides is 1. The van der Waals surface area contributed by atoms with Crippen LogP contribution in [0, 0.1) is 11.8 Å². The zero-order chi connectivity index (χ0) is 23.6. The summed E-state index contributed by atoms with van der Waals surface area (Å²) in [6.07, 6.45) is 1.47. The van der Waals surface area contributed by atoms with Crippen molar-refractivity contribution in [2.45, 2.75) is 26.2 Å². The van der Waals surface area contributed by atoms with Gasteiger partial charge in [0.25, 0.3) is 5.91 Å². The Hall–Kier alpha value is -4.11. The molecule has 2 aromatic carbocycles. The molecule has 2 aromatic heterocycles. The third-order valence-corrected chi connectivity index (χ3v) is 5.48. The van der Waals surface area contributed by atoms with Crippen LogP contribution >= 0.6 is 0 Å². The first-order valence-electron chi connectivity index (χ1n) is 10.6. The summed E-state index contributed by atoms with van der Waals surface area (Å²) >= 11 is 0. The Balaban J connectivity index is 1.61. The van der Waals surface area contributed by atoms with Crippen LogP contribution in [0.25, 0.3) is 11.0 Å². The van der Waals surface area contributed by atoms with Gasteiger partial charge in [0.05, 0.1) is 12.5 Å². The summed E-state index contributed by atoms with van der Waals surface area (Å²) in [6.45, 7) is 6.48. The molecule has 0 aliphatic rings. The van der Waals surface area contributed by atoms with Crippen LogP contribution in [0.2, 0.25) is 0 Å². The summed E-state index contributed by atoms with van der Waals surface area (Å²) in [5.41, 5.74) is 4.55. The standard InChI is InChI=1S/C27H26N4O2/c1-27(2,3)19-9-11-20(12-10-19)30-26(32)24-16-22-23(28-17-29-25(22)31(24)4)15-8-18-6-13-21(33-5)14-7-18/h6-7,9-14,16-17H,1-5H3,(H,30,32). The Kier molecular flexibility index (Phi) is 5.89. The Morgan fingerprint density at radius 1 is 1.00 bits per heavy atom. The van der Waals surface area contributed by atoms with Gasteiger partial charge in [-0.05, 0) is 59.4 Å². The molecular weight excluding hydrogens is 412 g/mol. The maximum absolute atomic E-state index is 13.0. The SMILES string of the molecule is COc1ccc(C#Cc2ncnc3c2cc(C(=O)Nc2ccc(C(C)(C)C)cc2)n3C)cc1. The van der Waals surface area contributed by atoms with E-state index in [0.29, 0.717) is 17.0 Å². The second kappa shape index (κ2) is 8.79. The molecule has 6 heteroatoms. The van der Waals surface area contributed by atoms with E-state index < -0.39 is 0 Å². The van der Waals surface area contributed by atoms with Crippen LogP contribution < -0.4 is 10.1 Å². The van der Waals surface area contributed by atoms with Crippen molar-refractivity contribution in [1.29, 1.82) is 0 Å². The quantitative estimate of drug-likeness (QED) is 0.461. The van der Waals surface area contributed by atoms with E-state index in [9.17, 15) is 4.79 Å². The first-order chi connectivity index (χ1) is 15.8. The van der Waals surface area contributed by atoms with E-state index in [-0.39, 0.29) is 11.3 Å². The Bertz CT molecular complexity index is 1370. The molecule has 4 aromatic rings. The summed E-state index contributed by atoms with van der Waals surface area (Å²) in [4.78, 5) is 21.7. The molecule has 0 unspecified atom stereocenters. The fourth-order valence-electron chi connectivity index (χ4n) is 3.51. The number of nitrogens with one attached hydrogen (secondary N) is 1. The fourth-order valence-corrected chi connectivity index (χ4v) is 3.51. The number of hydrogen-bond donors (Lipinski definition) is 1. The van der Waals surface area contributed by atoms with Crippen molar-refractivity contribution in [3.05, 3.63) is 83.4 Å². The number of aromatic nitrogens is 3. The van der Waals surface area contributed by atoms with E-state index >= 15 is 0 Å². The average Bonchev–Trinajstić information content (AvgIpc) is 3.15. The number of aryl methyl sites for hydroxylation is 1. The van der Waals surface area contributed by atoms with Gasteiger partial charge in [-0.3, -0.25) is 4.79 Å². The Morgan fingerprint density at radius 2 is 1.70 bits per heavy atom.